The summed E-state index contributed by atoms with van der Waals surface area (Å²) in [7, 11) is 0. The van der Waals surface area contributed by atoms with Gasteiger partial charge in [-0.05, 0) is 18.4 Å². The number of carbonyl (C=O) groups excluding carboxylic acids is 1. The van der Waals surface area contributed by atoms with Gasteiger partial charge in [0.2, 0.25) is 16.0 Å². The lowest BCUT2D eigenvalue weighted by Gasteiger charge is -2.26. The smallest absolute Gasteiger partial charge is 0.300 e. The van der Waals surface area contributed by atoms with Crippen LogP contribution in [0.15, 0.2) is 23.3 Å². The highest BCUT2D eigenvalue weighted by Crippen LogP contribution is 2.70. The Morgan fingerprint density at radius 2 is 1.78 bits per heavy atom. The number of alkyl halides is 8. The van der Waals surface area contributed by atoms with E-state index in [0.717, 1.165) is 6.08 Å². The minimum Gasteiger partial charge on any atom is -0.300 e. The van der Waals surface area contributed by atoms with Gasteiger partial charge in [-0.3, -0.25) is 10.1 Å². The van der Waals surface area contributed by atoms with Crippen molar-refractivity contribution in [3.8, 4) is 0 Å². The van der Waals surface area contributed by atoms with E-state index in [1.165, 1.54) is 6.08 Å². The molecule has 1 saturated carbocycles. The summed E-state index contributed by atoms with van der Waals surface area (Å²) in [4.78, 5) is 12.7. The van der Waals surface area contributed by atoms with Crippen LogP contribution in [0, 0.1) is 5.41 Å². The average Bonchev–Trinajstić information content (AvgIpc) is 2.89. The van der Waals surface area contributed by atoms with Crippen molar-refractivity contribution in [2.75, 3.05) is 5.32 Å². The van der Waals surface area contributed by atoms with Crippen LogP contribution in [0.3, 0.4) is 0 Å². The van der Waals surface area contributed by atoms with Gasteiger partial charge in [0.15, 0.2) is 0 Å². The lowest BCUT2D eigenvalue weighted by molar-refractivity contribution is -0.138. The summed E-state index contributed by atoms with van der Waals surface area (Å²) in [6.45, 7) is 0. The number of hydrogen-bond donors (Lipinski definition) is 1. The Labute approximate surface area is 162 Å². The molecular formula is C14H9Cl2F6N3OS. The zero-order valence-electron chi connectivity index (χ0n) is 13.0. The Morgan fingerprint density at radius 1 is 1.15 bits per heavy atom. The quantitative estimate of drug-likeness (QED) is 0.503. The van der Waals surface area contributed by atoms with Gasteiger partial charge in [0.1, 0.15) is 9.75 Å². The van der Waals surface area contributed by atoms with Crippen molar-refractivity contribution in [2.45, 2.75) is 35.9 Å². The first kappa shape index (κ1) is 20.4. The second-order valence-corrected chi connectivity index (χ2v) is 8.44. The fourth-order valence-corrected chi connectivity index (χ4v) is 4.37. The van der Waals surface area contributed by atoms with E-state index in [2.05, 4.69) is 15.5 Å². The number of anilines is 1. The number of aromatic nitrogens is 2. The van der Waals surface area contributed by atoms with Crippen LogP contribution in [-0.2, 0) is 11.0 Å². The minimum atomic E-state index is -4.76. The van der Waals surface area contributed by atoms with Crippen LogP contribution in [0.2, 0.25) is 0 Å². The maximum Gasteiger partial charge on any atom is 0.445 e. The van der Waals surface area contributed by atoms with Gasteiger partial charge in [0.25, 0.3) is 0 Å². The second-order valence-electron chi connectivity index (χ2n) is 5.98. The van der Waals surface area contributed by atoms with Gasteiger partial charge in [0.05, 0.1) is 5.57 Å². The molecule has 1 amide bonds. The Hall–Kier alpha value is -1.33. The van der Waals surface area contributed by atoms with Crippen LogP contribution in [0.4, 0.5) is 31.5 Å². The predicted molar refractivity (Wildman–Crippen MR) is 86.5 cm³/mol. The highest BCUT2D eigenvalue weighted by molar-refractivity contribution is 7.15. The normalized spacial score (nSPS) is 24.9. The third kappa shape index (κ3) is 3.56. The lowest BCUT2D eigenvalue weighted by atomic mass is 9.83. The van der Waals surface area contributed by atoms with E-state index < -0.39 is 43.7 Å². The fraction of sp³-hybridized carbons (Fsp3) is 0.500. The van der Waals surface area contributed by atoms with Crippen LogP contribution in [0.25, 0.3) is 0 Å². The Bertz CT molecular complexity index is 845. The number of rotatable bonds is 3. The number of nitrogens with one attached hydrogen (secondary N) is 1. The first-order valence-electron chi connectivity index (χ1n) is 7.36. The molecule has 1 heterocycles. The standard InChI is InChI=1S/C14H9Cl2F6N3OS/c15-12(16)5-11(12,6-3-1-2-4-7(6)13(17,18)19)8(26)23-10-25-24-9(27-10)14(20,21)22/h2,4H,1,3,5H2,(H,23,25,26). The Kier molecular flexibility index (Phi) is 4.80. The molecule has 1 atom stereocenters. The number of allylic oxidation sites excluding steroid dienone is 3. The fourth-order valence-electron chi connectivity index (χ4n) is 2.96. The molecule has 2 aliphatic rings. The molecule has 148 valence electrons. The van der Waals surface area contributed by atoms with Gasteiger partial charge in [-0.1, -0.05) is 23.5 Å². The molecule has 0 bridgehead atoms. The van der Waals surface area contributed by atoms with Crippen molar-refractivity contribution in [2.24, 2.45) is 5.41 Å². The van der Waals surface area contributed by atoms with Crippen LogP contribution in [0.1, 0.15) is 24.3 Å². The monoisotopic (exact) mass is 451 g/mol. The van der Waals surface area contributed by atoms with Crippen molar-refractivity contribution in [1.82, 2.24) is 10.2 Å². The summed E-state index contributed by atoms with van der Waals surface area (Å²) in [5.41, 5.74) is -3.23. The van der Waals surface area contributed by atoms with Crippen molar-refractivity contribution in [3.63, 3.8) is 0 Å². The van der Waals surface area contributed by atoms with E-state index in [4.69, 9.17) is 23.2 Å². The molecule has 0 saturated heterocycles. The first-order chi connectivity index (χ1) is 12.3. The highest BCUT2D eigenvalue weighted by Gasteiger charge is 2.74. The molecular weight excluding hydrogens is 443 g/mol. The third-order valence-electron chi connectivity index (χ3n) is 4.25. The largest absolute Gasteiger partial charge is 0.445 e. The number of amides is 1. The molecule has 4 nitrogen and oxygen atoms in total. The van der Waals surface area contributed by atoms with Gasteiger partial charge in [0, 0.05) is 6.42 Å². The van der Waals surface area contributed by atoms with E-state index in [9.17, 15) is 31.1 Å². The summed E-state index contributed by atoms with van der Waals surface area (Å²) in [6.07, 6.45) is -7.51. The molecule has 0 spiro atoms. The molecule has 1 aromatic heterocycles. The van der Waals surface area contributed by atoms with Crippen LogP contribution in [-0.4, -0.2) is 26.6 Å². The molecule has 1 N–H and O–H groups in total. The number of nitrogens with zero attached hydrogens (tertiary/aromatic N) is 2. The Balaban J connectivity index is 1.96. The van der Waals surface area contributed by atoms with Crippen molar-refractivity contribution < 1.29 is 31.1 Å². The zero-order chi connectivity index (χ0) is 20.3. The molecule has 1 unspecified atom stereocenters. The summed E-state index contributed by atoms with van der Waals surface area (Å²) >= 11 is 12.1. The van der Waals surface area contributed by atoms with Crippen LogP contribution >= 0.6 is 34.5 Å². The maximum absolute atomic E-state index is 13.4. The summed E-state index contributed by atoms with van der Waals surface area (Å²) in [5, 5.41) is 6.37. The van der Waals surface area contributed by atoms with E-state index in [1.807, 2.05) is 0 Å². The number of hydrogen-bond acceptors (Lipinski definition) is 4. The lowest BCUT2D eigenvalue weighted by Crippen LogP contribution is -2.33. The molecule has 3 rings (SSSR count). The molecule has 1 fully saturated rings. The van der Waals surface area contributed by atoms with E-state index in [0.29, 0.717) is 0 Å². The molecule has 0 radical (unpaired) electrons. The van der Waals surface area contributed by atoms with E-state index in [-0.39, 0.29) is 36.2 Å². The SMILES string of the molecule is O=C(Nc1nnc(C(F)(F)F)s1)C1(C2=C(C(F)(F)F)C=CCC2)CC1(Cl)Cl. The number of halogens is 8. The number of carbonyl (C=O) groups is 1. The van der Waals surface area contributed by atoms with E-state index in [1.54, 1.807) is 0 Å². The minimum absolute atomic E-state index is 0.0476. The summed E-state index contributed by atoms with van der Waals surface area (Å²) in [5.74, 6) is -1.05. The molecule has 13 heteroatoms. The van der Waals surface area contributed by atoms with Crippen LogP contribution < -0.4 is 5.32 Å². The van der Waals surface area contributed by atoms with Crippen molar-refractivity contribution >= 4 is 45.6 Å². The second kappa shape index (κ2) is 6.35. The molecule has 1 aromatic rings. The Morgan fingerprint density at radius 3 is 2.26 bits per heavy atom. The van der Waals surface area contributed by atoms with Crippen LogP contribution in [0.5, 0.6) is 0 Å². The third-order valence-corrected chi connectivity index (χ3v) is 6.05. The van der Waals surface area contributed by atoms with Gasteiger partial charge in [-0.25, -0.2) is 0 Å². The zero-order valence-corrected chi connectivity index (χ0v) is 15.3. The topological polar surface area (TPSA) is 54.9 Å². The summed E-state index contributed by atoms with van der Waals surface area (Å²) in [6, 6.07) is 0. The van der Waals surface area contributed by atoms with Gasteiger partial charge < -0.3 is 0 Å². The van der Waals surface area contributed by atoms with Crippen molar-refractivity contribution in [1.29, 1.82) is 0 Å². The van der Waals surface area contributed by atoms with Gasteiger partial charge in [-0.15, -0.1) is 33.4 Å². The highest BCUT2D eigenvalue weighted by atomic mass is 35.5. The van der Waals surface area contributed by atoms with Crippen molar-refractivity contribution in [3.05, 3.63) is 28.3 Å². The molecule has 27 heavy (non-hydrogen) atoms. The molecule has 2 aliphatic carbocycles. The average molecular weight is 452 g/mol. The first-order valence-corrected chi connectivity index (χ1v) is 8.93. The molecule has 0 aliphatic heterocycles. The van der Waals surface area contributed by atoms with E-state index >= 15 is 0 Å². The van der Waals surface area contributed by atoms with Gasteiger partial charge >= 0.3 is 12.4 Å². The maximum atomic E-state index is 13.4. The summed E-state index contributed by atoms with van der Waals surface area (Å²) < 4.78 is 76.0. The predicted octanol–water partition coefficient (Wildman–Crippen LogP) is 5.27. The molecule has 0 aromatic carbocycles. The van der Waals surface area contributed by atoms with Gasteiger partial charge in [-0.2, -0.15) is 26.3 Å².